The van der Waals surface area contributed by atoms with E-state index in [0.29, 0.717) is 36.1 Å². The van der Waals surface area contributed by atoms with Crippen molar-refractivity contribution in [1.29, 1.82) is 0 Å². The molecule has 2 aliphatic rings. The van der Waals surface area contributed by atoms with Gasteiger partial charge in [-0.2, -0.15) is 0 Å². The van der Waals surface area contributed by atoms with E-state index in [-0.39, 0.29) is 55.1 Å². The molecule has 0 amide bonds. The first kappa shape index (κ1) is 40.2. The van der Waals surface area contributed by atoms with Crippen LogP contribution in [0.15, 0.2) is 139 Å². The van der Waals surface area contributed by atoms with Gasteiger partial charge in [0.15, 0.2) is 10.9 Å². The topological polar surface area (TPSA) is 184 Å². The molecule has 0 spiro atoms. The zero-order valence-electron chi connectivity index (χ0n) is 31.0. The first-order chi connectivity index (χ1) is 25.8. The summed E-state index contributed by atoms with van der Waals surface area (Å²) in [5.41, 5.74) is 11.9. The molecule has 0 radical (unpaired) electrons. The van der Waals surface area contributed by atoms with Crippen molar-refractivity contribution in [3.63, 3.8) is 0 Å². The van der Waals surface area contributed by atoms with E-state index in [0.717, 1.165) is 12.1 Å². The van der Waals surface area contributed by atoms with Crippen molar-refractivity contribution in [3.05, 3.63) is 153 Å². The molecule has 2 unspecified atom stereocenters. The van der Waals surface area contributed by atoms with Crippen molar-refractivity contribution in [2.45, 2.75) is 27.7 Å². The maximum atomic E-state index is 12.5. The highest BCUT2D eigenvalue weighted by molar-refractivity contribution is 5.91. The fourth-order valence-corrected chi connectivity index (χ4v) is 5.21. The molecule has 54 heavy (non-hydrogen) atoms. The lowest BCUT2D eigenvalue weighted by Gasteiger charge is -2.22. The molecule has 4 N–H and O–H groups in total. The normalized spacial score (nSPS) is 18.5. The second-order valence-corrected chi connectivity index (χ2v) is 12.5. The second-order valence-electron chi connectivity index (χ2n) is 12.5. The Morgan fingerprint density at radius 1 is 0.648 bits per heavy atom. The SMILES string of the molecule is CC.COC(=O)c1cc(=O)c2c(OCC3(C)C=CC=C(N)C=C3)cccc2o1.COC(=O)c1cc(=O)c2c(OCC3(C)C=CC=C(N)C=C3)cccc2o1. The van der Waals surface area contributed by atoms with Crippen molar-refractivity contribution >= 4 is 33.9 Å². The summed E-state index contributed by atoms with van der Waals surface area (Å²) < 4.78 is 32.0. The Morgan fingerprint density at radius 2 is 1.04 bits per heavy atom. The Morgan fingerprint density at radius 3 is 1.41 bits per heavy atom. The van der Waals surface area contributed by atoms with Gasteiger partial charge < -0.3 is 39.2 Å². The van der Waals surface area contributed by atoms with Crippen molar-refractivity contribution in [2.24, 2.45) is 22.3 Å². The van der Waals surface area contributed by atoms with Gasteiger partial charge in [-0.15, -0.1) is 0 Å². The standard InChI is InChI=1S/2C20H19NO5.C2H6/c2*1-20(9-4-5-13(21)8-10-20)12-25-15-6-3-7-16-18(15)14(22)11-17(26-16)19(23)24-2;1-2/h2*3-11H,12,21H2,1-2H3;1-2H3. The van der Waals surface area contributed by atoms with Crippen LogP contribution in [0.25, 0.3) is 21.9 Å². The van der Waals surface area contributed by atoms with E-state index in [4.69, 9.17) is 29.8 Å². The van der Waals surface area contributed by atoms with Crippen molar-refractivity contribution in [2.75, 3.05) is 27.4 Å². The first-order valence-corrected chi connectivity index (χ1v) is 17.1. The average molecular weight is 737 g/mol. The largest absolute Gasteiger partial charge is 0.491 e. The van der Waals surface area contributed by atoms with Crippen LogP contribution in [0.5, 0.6) is 11.5 Å². The molecular weight excluding hydrogens is 692 g/mol. The molecule has 12 nitrogen and oxygen atoms in total. The molecule has 0 bridgehead atoms. The van der Waals surface area contributed by atoms with Crippen LogP contribution in [0.4, 0.5) is 0 Å². The summed E-state index contributed by atoms with van der Waals surface area (Å²) in [5.74, 6) is -0.930. The lowest BCUT2D eigenvalue weighted by Crippen LogP contribution is -2.21. The van der Waals surface area contributed by atoms with E-state index in [9.17, 15) is 19.2 Å². The minimum atomic E-state index is -0.707. The number of hydrogen-bond donors (Lipinski definition) is 2. The monoisotopic (exact) mass is 736 g/mol. The van der Waals surface area contributed by atoms with Gasteiger partial charge in [0, 0.05) is 34.4 Å². The zero-order valence-corrected chi connectivity index (χ0v) is 31.0. The van der Waals surface area contributed by atoms with Crippen LogP contribution in [0, 0.1) is 10.8 Å². The van der Waals surface area contributed by atoms with Gasteiger partial charge in [-0.3, -0.25) is 9.59 Å². The third-order valence-electron chi connectivity index (χ3n) is 8.13. The lowest BCUT2D eigenvalue weighted by atomic mass is 9.91. The highest BCUT2D eigenvalue weighted by atomic mass is 16.5. The number of allylic oxidation sites excluding steroid dienone is 6. The lowest BCUT2D eigenvalue weighted by molar-refractivity contribution is 0.0557. The maximum absolute atomic E-state index is 12.5. The minimum absolute atomic E-state index is 0.148. The molecule has 2 aromatic carbocycles. The van der Waals surface area contributed by atoms with Gasteiger partial charge >= 0.3 is 11.9 Å². The average Bonchev–Trinajstić information content (AvgIpc) is 3.46. The van der Waals surface area contributed by atoms with Gasteiger partial charge in [-0.1, -0.05) is 62.4 Å². The van der Waals surface area contributed by atoms with Crippen LogP contribution in [0.1, 0.15) is 48.8 Å². The van der Waals surface area contributed by atoms with Crippen LogP contribution >= 0.6 is 0 Å². The Balaban J connectivity index is 0.000000230. The molecule has 282 valence electrons. The van der Waals surface area contributed by atoms with Gasteiger partial charge in [0.1, 0.15) is 46.7 Å². The van der Waals surface area contributed by atoms with E-state index in [1.54, 1.807) is 36.4 Å². The fraction of sp³-hybridized carbons (Fsp3) is 0.238. The molecule has 12 heteroatoms. The van der Waals surface area contributed by atoms with Crippen LogP contribution in [-0.4, -0.2) is 39.4 Å². The smallest absolute Gasteiger partial charge is 0.374 e. The number of rotatable bonds is 8. The summed E-state index contributed by atoms with van der Waals surface area (Å²) in [5, 5.41) is 0.561. The Labute approximate surface area is 312 Å². The molecule has 2 aliphatic carbocycles. The number of ether oxygens (including phenoxy) is 4. The predicted molar refractivity (Wildman–Crippen MR) is 207 cm³/mol. The second kappa shape index (κ2) is 17.8. The molecule has 2 heterocycles. The molecule has 2 atom stereocenters. The third kappa shape index (κ3) is 9.85. The highest BCUT2D eigenvalue weighted by Crippen LogP contribution is 2.30. The molecular formula is C42H44N2O10. The number of hydrogen-bond acceptors (Lipinski definition) is 12. The summed E-state index contributed by atoms with van der Waals surface area (Å²) in [7, 11) is 2.45. The van der Waals surface area contributed by atoms with E-state index in [1.165, 1.54) is 14.2 Å². The maximum Gasteiger partial charge on any atom is 0.374 e. The summed E-state index contributed by atoms with van der Waals surface area (Å²) >= 11 is 0. The third-order valence-corrected chi connectivity index (χ3v) is 8.13. The number of fused-ring (bicyclic) bond motifs is 2. The zero-order chi connectivity index (χ0) is 39.5. The van der Waals surface area contributed by atoms with Crippen LogP contribution in [0.2, 0.25) is 0 Å². The summed E-state index contributed by atoms with van der Waals surface area (Å²) in [6.07, 6.45) is 18.9. The predicted octanol–water partition coefficient (Wildman–Crippen LogP) is 6.89. The van der Waals surface area contributed by atoms with Crippen molar-refractivity contribution in [1.82, 2.24) is 0 Å². The minimum Gasteiger partial charge on any atom is -0.491 e. The number of esters is 2. The Kier molecular flexibility index (Phi) is 13.2. The van der Waals surface area contributed by atoms with Gasteiger partial charge in [0.2, 0.25) is 11.5 Å². The summed E-state index contributed by atoms with van der Waals surface area (Å²) in [6, 6.07) is 12.2. The van der Waals surface area contributed by atoms with E-state index < -0.39 is 11.9 Å². The van der Waals surface area contributed by atoms with Crippen LogP contribution in [-0.2, 0) is 9.47 Å². The van der Waals surface area contributed by atoms with Gasteiger partial charge in [0.05, 0.1) is 14.2 Å². The van der Waals surface area contributed by atoms with E-state index in [1.807, 2.05) is 88.5 Å². The Bertz CT molecular complexity index is 2160. The fourth-order valence-electron chi connectivity index (χ4n) is 5.21. The molecule has 2 aromatic heterocycles. The first-order valence-electron chi connectivity index (χ1n) is 17.1. The van der Waals surface area contributed by atoms with Crippen molar-refractivity contribution < 1.29 is 37.4 Å². The highest BCUT2D eigenvalue weighted by Gasteiger charge is 2.23. The van der Waals surface area contributed by atoms with Gasteiger partial charge in [-0.25, -0.2) is 9.59 Å². The number of carbonyl (C=O) groups excluding carboxylic acids is 2. The molecule has 0 aliphatic heterocycles. The number of carbonyl (C=O) groups is 2. The number of benzene rings is 2. The van der Waals surface area contributed by atoms with Gasteiger partial charge in [0.25, 0.3) is 0 Å². The molecule has 6 rings (SSSR count). The number of methoxy groups -OCH3 is 2. The number of nitrogens with two attached hydrogens (primary N) is 2. The summed E-state index contributed by atoms with van der Waals surface area (Å²) in [6.45, 7) is 8.60. The van der Waals surface area contributed by atoms with Crippen molar-refractivity contribution in [3.8, 4) is 11.5 Å². The van der Waals surface area contributed by atoms with E-state index in [2.05, 4.69) is 9.47 Å². The Hall–Kier alpha value is -6.56. The molecule has 4 aromatic rings. The van der Waals surface area contributed by atoms with Crippen LogP contribution < -0.4 is 31.8 Å². The van der Waals surface area contributed by atoms with Crippen LogP contribution in [0.3, 0.4) is 0 Å². The molecule has 0 saturated carbocycles. The molecule has 0 fully saturated rings. The van der Waals surface area contributed by atoms with Gasteiger partial charge in [-0.05, 0) is 62.4 Å². The quantitative estimate of drug-likeness (QED) is 0.179. The molecule has 0 saturated heterocycles. The van der Waals surface area contributed by atoms with E-state index >= 15 is 0 Å². The summed E-state index contributed by atoms with van der Waals surface area (Å²) in [4.78, 5) is 48.2.